The van der Waals surface area contributed by atoms with Gasteiger partial charge in [-0.1, -0.05) is 12.1 Å². The molecule has 0 aliphatic carbocycles. The highest BCUT2D eigenvalue weighted by atomic mass is 32.2. The average molecular weight is 418 g/mol. The Hall–Kier alpha value is -3.12. The molecular formula is C24H23N3O2S. The number of nitrogens with one attached hydrogen (secondary N) is 1. The molecule has 0 saturated heterocycles. The smallest absolute Gasteiger partial charge is 0.256 e. The third kappa shape index (κ3) is 4.24. The van der Waals surface area contributed by atoms with Crippen LogP contribution >= 0.6 is 11.8 Å². The summed E-state index contributed by atoms with van der Waals surface area (Å²) in [7, 11) is 0. The van der Waals surface area contributed by atoms with E-state index in [2.05, 4.69) is 10.3 Å². The van der Waals surface area contributed by atoms with Crippen molar-refractivity contribution < 1.29 is 9.59 Å². The van der Waals surface area contributed by atoms with Crippen molar-refractivity contribution in [1.29, 1.82) is 0 Å². The minimum absolute atomic E-state index is 0.0357. The van der Waals surface area contributed by atoms with Crippen LogP contribution in [-0.4, -0.2) is 29.6 Å². The van der Waals surface area contributed by atoms with Gasteiger partial charge in [-0.05, 0) is 73.2 Å². The number of amides is 2. The molecule has 0 fully saturated rings. The van der Waals surface area contributed by atoms with Gasteiger partial charge in [0.15, 0.2) is 0 Å². The number of fused-ring (bicyclic) bond motifs is 1. The van der Waals surface area contributed by atoms with Crippen molar-refractivity contribution in [2.24, 2.45) is 0 Å². The van der Waals surface area contributed by atoms with Gasteiger partial charge in [-0.2, -0.15) is 0 Å². The predicted molar refractivity (Wildman–Crippen MR) is 121 cm³/mol. The Morgan fingerprint density at radius 3 is 2.77 bits per heavy atom. The highest BCUT2D eigenvalue weighted by Gasteiger charge is 2.25. The molecule has 1 N–H and O–H groups in total. The number of carbonyl (C=O) groups excluding carboxylic acids is 2. The predicted octanol–water partition coefficient (Wildman–Crippen LogP) is 4.50. The van der Waals surface area contributed by atoms with Gasteiger partial charge in [-0.15, -0.1) is 11.8 Å². The number of hydrogen-bond donors (Lipinski definition) is 1. The molecule has 0 bridgehead atoms. The van der Waals surface area contributed by atoms with Crippen molar-refractivity contribution >= 4 is 35.0 Å². The van der Waals surface area contributed by atoms with E-state index in [1.165, 1.54) is 0 Å². The summed E-state index contributed by atoms with van der Waals surface area (Å²) in [6, 6.07) is 17.2. The quantitative estimate of drug-likeness (QED) is 0.621. The van der Waals surface area contributed by atoms with Crippen molar-refractivity contribution in [3.63, 3.8) is 0 Å². The molecule has 0 radical (unpaired) electrons. The van der Waals surface area contributed by atoms with E-state index < -0.39 is 0 Å². The van der Waals surface area contributed by atoms with Gasteiger partial charge in [0, 0.05) is 34.7 Å². The first-order valence-electron chi connectivity index (χ1n) is 9.84. The number of anilines is 2. The molecule has 0 saturated carbocycles. The van der Waals surface area contributed by atoms with Crippen LogP contribution in [0.4, 0.5) is 11.4 Å². The Balaban J connectivity index is 1.49. The number of rotatable bonds is 5. The summed E-state index contributed by atoms with van der Waals surface area (Å²) in [4.78, 5) is 32.5. The number of carbonyl (C=O) groups is 2. The summed E-state index contributed by atoms with van der Waals surface area (Å²) in [5.41, 5.74) is 5.28. The number of aromatic nitrogens is 1. The van der Waals surface area contributed by atoms with Gasteiger partial charge in [0.05, 0.1) is 12.0 Å². The lowest BCUT2D eigenvalue weighted by atomic mass is 10.1. The largest absolute Gasteiger partial charge is 0.322 e. The monoisotopic (exact) mass is 417 g/mol. The lowest BCUT2D eigenvalue weighted by Gasteiger charge is -2.17. The maximum atomic E-state index is 12.8. The van der Waals surface area contributed by atoms with Crippen molar-refractivity contribution in [3.8, 4) is 0 Å². The van der Waals surface area contributed by atoms with E-state index in [-0.39, 0.29) is 18.2 Å². The third-order valence-electron chi connectivity index (χ3n) is 5.19. The molecule has 1 aliphatic heterocycles. The Labute approximate surface area is 180 Å². The molecule has 3 aromatic rings. The summed E-state index contributed by atoms with van der Waals surface area (Å²) in [5, 5.41) is 3.00. The number of hydrogen-bond acceptors (Lipinski definition) is 4. The fourth-order valence-corrected chi connectivity index (χ4v) is 4.36. The fourth-order valence-electron chi connectivity index (χ4n) is 3.68. The molecule has 0 atom stereocenters. The molecule has 2 amide bonds. The second-order valence-electron chi connectivity index (χ2n) is 7.29. The molecule has 2 aromatic carbocycles. The van der Waals surface area contributed by atoms with Gasteiger partial charge >= 0.3 is 0 Å². The van der Waals surface area contributed by atoms with Crippen LogP contribution in [-0.2, 0) is 17.6 Å². The second kappa shape index (κ2) is 8.71. The first-order chi connectivity index (χ1) is 14.5. The zero-order chi connectivity index (χ0) is 21.1. The maximum Gasteiger partial charge on any atom is 0.256 e. The van der Waals surface area contributed by atoms with E-state index in [0.717, 1.165) is 39.5 Å². The molecule has 2 heterocycles. The van der Waals surface area contributed by atoms with Crippen molar-refractivity contribution in [2.45, 2.75) is 24.7 Å². The van der Waals surface area contributed by atoms with Crippen molar-refractivity contribution in [2.75, 3.05) is 23.0 Å². The Morgan fingerprint density at radius 1 is 1.13 bits per heavy atom. The SMILES string of the molecule is CSc1cc(C)ccc1C(=O)Nc1ccc2c(c1)CCN2C(=O)Cc1ccccn1. The van der Waals surface area contributed by atoms with E-state index >= 15 is 0 Å². The minimum atomic E-state index is -0.125. The van der Waals surface area contributed by atoms with Gasteiger partial charge in [0.25, 0.3) is 5.91 Å². The van der Waals surface area contributed by atoms with E-state index in [4.69, 9.17) is 0 Å². The van der Waals surface area contributed by atoms with Gasteiger partial charge in [-0.3, -0.25) is 14.6 Å². The Morgan fingerprint density at radius 2 is 2.00 bits per heavy atom. The highest BCUT2D eigenvalue weighted by molar-refractivity contribution is 7.98. The van der Waals surface area contributed by atoms with Crippen LogP contribution in [0.15, 0.2) is 65.7 Å². The molecule has 5 nitrogen and oxygen atoms in total. The normalized spacial score (nSPS) is 12.5. The summed E-state index contributed by atoms with van der Waals surface area (Å²) < 4.78 is 0. The topological polar surface area (TPSA) is 62.3 Å². The third-order valence-corrected chi connectivity index (χ3v) is 5.97. The fraction of sp³-hybridized carbons (Fsp3) is 0.208. The van der Waals surface area contributed by atoms with Gasteiger partial charge in [0.2, 0.25) is 5.91 Å². The van der Waals surface area contributed by atoms with Gasteiger partial charge < -0.3 is 10.2 Å². The molecule has 0 unspecified atom stereocenters. The maximum absolute atomic E-state index is 12.8. The number of nitrogens with zero attached hydrogens (tertiary/aromatic N) is 2. The molecule has 1 aromatic heterocycles. The van der Waals surface area contributed by atoms with Crippen LogP contribution < -0.4 is 10.2 Å². The van der Waals surface area contributed by atoms with E-state index in [1.807, 2.05) is 67.8 Å². The summed E-state index contributed by atoms with van der Waals surface area (Å²) in [6.45, 7) is 2.66. The second-order valence-corrected chi connectivity index (χ2v) is 8.14. The zero-order valence-corrected chi connectivity index (χ0v) is 17.8. The van der Waals surface area contributed by atoms with Gasteiger partial charge in [0.1, 0.15) is 0 Å². The highest BCUT2D eigenvalue weighted by Crippen LogP contribution is 2.31. The lowest BCUT2D eigenvalue weighted by Crippen LogP contribution is -2.30. The number of pyridine rings is 1. The molecule has 1 aliphatic rings. The van der Waals surface area contributed by atoms with Crippen LogP contribution in [0.3, 0.4) is 0 Å². The molecule has 4 rings (SSSR count). The standard InChI is InChI=1S/C24H23N3O2S/c1-16-6-8-20(22(13-16)30-2)24(29)26-19-7-9-21-17(14-19)10-12-27(21)23(28)15-18-5-3-4-11-25-18/h3-9,11,13-14H,10,12,15H2,1-2H3,(H,26,29). The first kappa shape index (κ1) is 20.2. The molecule has 152 valence electrons. The lowest BCUT2D eigenvalue weighted by molar-refractivity contribution is -0.117. The van der Waals surface area contributed by atoms with Crippen LogP contribution in [0.2, 0.25) is 0 Å². The number of thioether (sulfide) groups is 1. The summed E-state index contributed by atoms with van der Waals surface area (Å²) in [5.74, 6) is -0.0890. The molecule has 30 heavy (non-hydrogen) atoms. The van der Waals surface area contributed by atoms with Crippen LogP contribution in [0, 0.1) is 6.92 Å². The molecular weight excluding hydrogens is 394 g/mol. The summed E-state index contributed by atoms with van der Waals surface area (Å²) >= 11 is 1.56. The van der Waals surface area contributed by atoms with E-state index in [9.17, 15) is 9.59 Å². The van der Waals surface area contributed by atoms with Crippen LogP contribution in [0.1, 0.15) is 27.2 Å². The molecule has 6 heteroatoms. The minimum Gasteiger partial charge on any atom is -0.322 e. The van der Waals surface area contributed by atoms with E-state index in [0.29, 0.717) is 12.1 Å². The zero-order valence-electron chi connectivity index (χ0n) is 17.0. The van der Waals surface area contributed by atoms with Crippen LogP contribution in [0.25, 0.3) is 0 Å². The van der Waals surface area contributed by atoms with Crippen molar-refractivity contribution in [3.05, 3.63) is 83.2 Å². The number of aryl methyl sites for hydroxylation is 1. The van der Waals surface area contributed by atoms with Gasteiger partial charge in [-0.25, -0.2) is 0 Å². The van der Waals surface area contributed by atoms with Crippen molar-refractivity contribution in [1.82, 2.24) is 4.98 Å². The number of benzene rings is 2. The van der Waals surface area contributed by atoms with E-state index in [1.54, 1.807) is 22.9 Å². The first-order valence-corrected chi connectivity index (χ1v) is 11.1. The molecule has 0 spiro atoms. The average Bonchev–Trinajstić information content (AvgIpc) is 3.17. The van der Waals surface area contributed by atoms with Crippen LogP contribution in [0.5, 0.6) is 0 Å². The summed E-state index contributed by atoms with van der Waals surface area (Å²) in [6.07, 6.45) is 4.72. The Kier molecular flexibility index (Phi) is 5.86. The Bertz CT molecular complexity index is 1100.